The second kappa shape index (κ2) is 3.58. The highest BCUT2D eigenvalue weighted by Gasteiger charge is 2.20. The second-order valence-electron chi connectivity index (χ2n) is 2.51. The quantitative estimate of drug-likeness (QED) is 0.682. The monoisotopic (exact) mass is 238 g/mol. The fraction of sp³-hybridized carbons (Fsp3) is 0.333. The number of rotatable bonds is 2. The Balaban J connectivity index is 3.75. The summed E-state index contributed by atoms with van der Waals surface area (Å²) in [6.07, 6.45) is 0.195. The van der Waals surface area contributed by atoms with Gasteiger partial charge in [0.2, 0.25) is 0 Å². The molecule has 6 nitrogen and oxygen atoms in total. The zero-order valence-corrected chi connectivity index (χ0v) is 8.70. The van der Waals surface area contributed by atoms with Crippen molar-refractivity contribution < 1.29 is 8.42 Å². The largest absolute Gasteiger partial charge is 0.325 e. The standard InChI is InChI=1S/C6H7ClN2O4S/c1-2-3-4(14(7,12)13)5(10)9-6(11)8-3/h2H2,1H3,(H2,8,9,10,11). The average molecular weight is 239 g/mol. The highest BCUT2D eigenvalue weighted by Crippen LogP contribution is 2.12. The Labute approximate surface area is 83.4 Å². The van der Waals surface area contributed by atoms with Crippen LogP contribution in [-0.2, 0) is 15.5 Å². The molecular weight excluding hydrogens is 232 g/mol. The van der Waals surface area contributed by atoms with E-state index in [1.165, 1.54) is 0 Å². The van der Waals surface area contributed by atoms with Gasteiger partial charge in [-0.05, 0) is 6.42 Å². The molecule has 78 valence electrons. The first-order valence-electron chi connectivity index (χ1n) is 3.66. The third-order valence-electron chi connectivity index (χ3n) is 1.57. The third-order valence-corrected chi connectivity index (χ3v) is 2.95. The number of hydrogen-bond donors (Lipinski definition) is 2. The van der Waals surface area contributed by atoms with E-state index in [9.17, 15) is 18.0 Å². The van der Waals surface area contributed by atoms with E-state index in [0.717, 1.165) is 0 Å². The lowest BCUT2D eigenvalue weighted by atomic mass is 10.3. The fourth-order valence-electron chi connectivity index (χ4n) is 1.03. The molecule has 0 fully saturated rings. The molecule has 1 rings (SSSR count). The minimum Gasteiger partial charge on any atom is -0.310 e. The number of aryl methyl sites for hydroxylation is 1. The van der Waals surface area contributed by atoms with E-state index in [-0.39, 0.29) is 12.1 Å². The van der Waals surface area contributed by atoms with Crippen molar-refractivity contribution in [2.24, 2.45) is 0 Å². The maximum atomic E-state index is 11.1. The zero-order chi connectivity index (χ0) is 10.9. The summed E-state index contributed by atoms with van der Waals surface area (Å²) in [6.45, 7) is 1.59. The molecular formula is C6H7ClN2O4S. The van der Waals surface area contributed by atoms with Gasteiger partial charge in [-0.3, -0.25) is 9.78 Å². The fourth-order valence-corrected chi connectivity index (χ4v) is 2.28. The lowest BCUT2D eigenvalue weighted by Gasteiger charge is -2.01. The molecule has 8 heteroatoms. The molecule has 1 heterocycles. The van der Waals surface area contributed by atoms with Crippen LogP contribution in [0.1, 0.15) is 12.6 Å². The van der Waals surface area contributed by atoms with Crippen LogP contribution >= 0.6 is 10.7 Å². The molecule has 1 aromatic heterocycles. The molecule has 0 unspecified atom stereocenters. The summed E-state index contributed by atoms with van der Waals surface area (Å²) in [5.41, 5.74) is -1.75. The summed E-state index contributed by atoms with van der Waals surface area (Å²) < 4.78 is 21.9. The van der Waals surface area contributed by atoms with Crippen LogP contribution in [0.3, 0.4) is 0 Å². The van der Waals surface area contributed by atoms with Gasteiger partial charge in [-0.2, -0.15) is 0 Å². The Bertz CT molecular complexity index is 556. The maximum absolute atomic E-state index is 11.1. The summed E-state index contributed by atoms with van der Waals surface area (Å²) >= 11 is 0. The third kappa shape index (κ3) is 2.05. The molecule has 2 N–H and O–H groups in total. The number of aromatic amines is 2. The van der Waals surface area contributed by atoms with Gasteiger partial charge in [-0.15, -0.1) is 0 Å². The summed E-state index contributed by atoms with van der Waals surface area (Å²) in [7, 11) is 0.896. The van der Waals surface area contributed by atoms with E-state index in [0.29, 0.717) is 0 Å². The van der Waals surface area contributed by atoms with Crippen LogP contribution in [0.5, 0.6) is 0 Å². The molecule has 0 saturated heterocycles. The molecule has 0 aromatic carbocycles. The molecule has 0 radical (unpaired) electrons. The lowest BCUT2D eigenvalue weighted by Crippen LogP contribution is -2.28. The highest BCUT2D eigenvalue weighted by atomic mass is 35.7. The Morgan fingerprint density at radius 2 is 1.86 bits per heavy atom. The van der Waals surface area contributed by atoms with Crippen molar-refractivity contribution in [3.63, 3.8) is 0 Å². The normalized spacial score (nSPS) is 11.6. The number of H-pyrrole nitrogens is 2. The van der Waals surface area contributed by atoms with Crippen LogP contribution in [0.15, 0.2) is 14.5 Å². The Morgan fingerprint density at radius 3 is 2.29 bits per heavy atom. The van der Waals surface area contributed by atoms with Crippen LogP contribution in [0, 0.1) is 0 Å². The van der Waals surface area contributed by atoms with Crippen molar-refractivity contribution in [3.05, 3.63) is 26.5 Å². The smallest absolute Gasteiger partial charge is 0.310 e. The molecule has 0 aliphatic carbocycles. The number of nitrogens with one attached hydrogen (secondary N) is 2. The van der Waals surface area contributed by atoms with E-state index < -0.39 is 25.2 Å². The molecule has 14 heavy (non-hydrogen) atoms. The predicted octanol–water partition coefficient (Wildman–Crippen LogP) is -0.447. The summed E-state index contributed by atoms with van der Waals surface area (Å²) in [4.78, 5) is 25.3. The molecule has 0 spiro atoms. The molecule has 0 aliphatic heterocycles. The molecule has 0 saturated carbocycles. The molecule has 0 amide bonds. The van der Waals surface area contributed by atoms with Crippen molar-refractivity contribution in [2.75, 3.05) is 0 Å². The summed E-state index contributed by atoms with van der Waals surface area (Å²) in [6, 6.07) is 0. The summed E-state index contributed by atoms with van der Waals surface area (Å²) in [5.74, 6) is 0. The van der Waals surface area contributed by atoms with Gasteiger partial charge in [0.05, 0.1) is 0 Å². The Kier molecular flexibility index (Phi) is 2.81. The van der Waals surface area contributed by atoms with Gasteiger partial charge in [0, 0.05) is 16.4 Å². The topological polar surface area (TPSA) is 99.9 Å². The van der Waals surface area contributed by atoms with E-state index in [4.69, 9.17) is 10.7 Å². The van der Waals surface area contributed by atoms with Crippen LogP contribution in [-0.4, -0.2) is 18.4 Å². The van der Waals surface area contributed by atoms with Crippen LogP contribution in [0.25, 0.3) is 0 Å². The maximum Gasteiger partial charge on any atom is 0.325 e. The van der Waals surface area contributed by atoms with Crippen LogP contribution in [0.4, 0.5) is 0 Å². The highest BCUT2D eigenvalue weighted by molar-refractivity contribution is 8.13. The van der Waals surface area contributed by atoms with Gasteiger partial charge in [0.1, 0.15) is 0 Å². The van der Waals surface area contributed by atoms with E-state index >= 15 is 0 Å². The van der Waals surface area contributed by atoms with Crippen molar-refractivity contribution in [3.8, 4) is 0 Å². The van der Waals surface area contributed by atoms with Gasteiger partial charge in [-0.1, -0.05) is 6.92 Å². The Hall–Kier alpha value is -1.08. The van der Waals surface area contributed by atoms with E-state index in [1.807, 2.05) is 0 Å². The number of hydrogen-bond acceptors (Lipinski definition) is 4. The number of aromatic nitrogens is 2. The lowest BCUT2D eigenvalue weighted by molar-refractivity contribution is 0.605. The summed E-state index contributed by atoms with van der Waals surface area (Å²) in [5, 5.41) is 0. The molecule has 0 bridgehead atoms. The van der Waals surface area contributed by atoms with Gasteiger partial charge in [-0.25, -0.2) is 13.2 Å². The molecule has 1 aromatic rings. The SMILES string of the molecule is CCc1[nH]c(=O)[nH]c(=O)c1S(=O)(=O)Cl. The first-order valence-corrected chi connectivity index (χ1v) is 5.97. The first-order chi connectivity index (χ1) is 6.36. The predicted molar refractivity (Wildman–Crippen MR) is 50.1 cm³/mol. The van der Waals surface area contributed by atoms with Crippen molar-refractivity contribution in [1.82, 2.24) is 9.97 Å². The number of halogens is 1. The Morgan fingerprint density at radius 1 is 1.29 bits per heavy atom. The van der Waals surface area contributed by atoms with Crippen LogP contribution in [0.2, 0.25) is 0 Å². The van der Waals surface area contributed by atoms with Crippen LogP contribution < -0.4 is 11.2 Å². The van der Waals surface area contributed by atoms with Gasteiger partial charge in [0.15, 0.2) is 4.90 Å². The van der Waals surface area contributed by atoms with Gasteiger partial charge in [0.25, 0.3) is 14.6 Å². The van der Waals surface area contributed by atoms with Gasteiger partial charge >= 0.3 is 5.69 Å². The molecule has 0 atom stereocenters. The van der Waals surface area contributed by atoms with Crippen molar-refractivity contribution >= 4 is 19.7 Å². The van der Waals surface area contributed by atoms with E-state index in [1.54, 1.807) is 11.9 Å². The van der Waals surface area contributed by atoms with Crippen molar-refractivity contribution in [2.45, 2.75) is 18.2 Å². The molecule has 0 aliphatic rings. The van der Waals surface area contributed by atoms with E-state index in [2.05, 4.69) is 4.98 Å². The second-order valence-corrected chi connectivity index (χ2v) is 5.01. The average Bonchev–Trinajstić information content (AvgIpc) is 1.99. The minimum atomic E-state index is -4.13. The van der Waals surface area contributed by atoms with Gasteiger partial charge < -0.3 is 4.98 Å². The zero-order valence-electron chi connectivity index (χ0n) is 7.13. The minimum absolute atomic E-state index is 0.00810. The van der Waals surface area contributed by atoms with Crippen molar-refractivity contribution in [1.29, 1.82) is 0 Å². The first kappa shape index (κ1) is 11.0.